The maximum atomic E-state index is 12.5. The Morgan fingerprint density at radius 1 is 1.15 bits per heavy atom. The molecule has 0 aromatic heterocycles. The van der Waals surface area contributed by atoms with Crippen molar-refractivity contribution in [2.24, 2.45) is 0 Å². The number of carbonyl (C=O) groups is 1. The lowest BCUT2D eigenvalue weighted by atomic mass is 10.1. The number of rotatable bonds is 7. The zero-order chi connectivity index (χ0) is 20.2. The van der Waals surface area contributed by atoms with Gasteiger partial charge in [0.25, 0.3) is 0 Å². The summed E-state index contributed by atoms with van der Waals surface area (Å²) in [6.45, 7) is 3.22. The van der Waals surface area contributed by atoms with Crippen LogP contribution in [0.4, 0.5) is 0 Å². The van der Waals surface area contributed by atoms with E-state index in [1.807, 2.05) is 6.92 Å². The van der Waals surface area contributed by atoms with E-state index in [1.54, 1.807) is 24.3 Å². The van der Waals surface area contributed by atoms with Crippen LogP contribution in [0.3, 0.4) is 0 Å². The highest BCUT2D eigenvalue weighted by Crippen LogP contribution is 2.20. The third kappa shape index (κ3) is 5.92. The Hall–Kier alpha value is -1.64. The number of sulfonamides is 1. The van der Waals surface area contributed by atoms with E-state index in [0.29, 0.717) is 15.6 Å². The molecule has 0 bridgehead atoms. The minimum atomic E-state index is -3.98. The van der Waals surface area contributed by atoms with Crippen LogP contribution in [0.1, 0.15) is 18.1 Å². The fourth-order valence-electron chi connectivity index (χ4n) is 2.28. The summed E-state index contributed by atoms with van der Waals surface area (Å²) in [4.78, 5) is 12.4. The third-order valence-electron chi connectivity index (χ3n) is 3.85. The summed E-state index contributed by atoms with van der Waals surface area (Å²) in [6.07, 6.45) is -1.24. The molecule has 2 atom stereocenters. The van der Waals surface area contributed by atoms with E-state index < -0.39 is 28.1 Å². The van der Waals surface area contributed by atoms with Crippen molar-refractivity contribution in [1.29, 1.82) is 0 Å². The second kappa shape index (κ2) is 9.03. The van der Waals surface area contributed by atoms with Crippen molar-refractivity contribution in [2.75, 3.05) is 0 Å². The van der Waals surface area contributed by atoms with Crippen molar-refractivity contribution >= 4 is 39.1 Å². The third-order valence-corrected chi connectivity index (χ3v) is 5.89. The number of aryl methyl sites for hydroxylation is 1. The zero-order valence-corrected chi connectivity index (χ0v) is 17.1. The molecular weight excluding hydrogens is 411 g/mol. The van der Waals surface area contributed by atoms with Crippen molar-refractivity contribution in [3.05, 3.63) is 63.6 Å². The molecule has 0 radical (unpaired) electrons. The van der Waals surface area contributed by atoms with Gasteiger partial charge in [-0.3, -0.25) is 4.79 Å². The Morgan fingerprint density at radius 3 is 2.33 bits per heavy atom. The molecule has 0 aliphatic rings. The van der Waals surface area contributed by atoms with Gasteiger partial charge in [-0.1, -0.05) is 47.0 Å². The summed E-state index contributed by atoms with van der Waals surface area (Å²) in [7, 11) is -3.98. The van der Waals surface area contributed by atoms with Crippen molar-refractivity contribution in [2.45, 2.75) is 37.4 Å². The predicted molar refractivity (Wildman–Crippen MR) is 105 cm³/mol. The Labute approximate surface area is 168 Å². The molecule has 0 spiro atoms. The molecule has 0 saturated carbocycles. The zero-order valence-electron chi connectivity index (χ0n) is 14.7. The molecule has 27 heavy (non-hydrogen) atoms. The minimum absolute atomic E-state index is 0.00676. The Balaban J connectivity index is 2.11. The normalized spacial score (nSPS) is 13.8. The predicted octanol–water partition coefficient (Wildman–Crippen LogP) is 2.65. The minimum Gasteiger partial charge on any atom is -0.391 e. The average Bonchev–Trinajstić information content (AvgIpc) is 2.59. The second-order valence-electron chi connectivity index (χ2n) is 6.11. The van der Waals surface area contributed by atoms with E-state index in [9.17, 15) is 18.3 Å². The van der Waals surface area contributed by atoms with Gasteiger partial charge in [0.15, 0.2) is 0 Å². The number of hydrogen-bond acceptors (Lipinski definition) is 4. The molecule has 1 amide bonds. The maximum absolute atomic E-state index is 12.5. The molecule has 2 aromatic rings. The van der Waals surface area contributed by atoms with Crippen LogP contribution in [0.2, 0.25) is 10.0 Å². The van der Waals surface area contributed by atoms with Gasteiger partial charge in [0.1, 0.15) is 6.04 Å². The van der Waals surface area contributed by atoms with Gasteiger partial charge in [0.2, 0.25) is 15.9 Å². The van der Waals surface area contributed by atoms with Gasteiger partial charge in [-0.2, -0.15) is 4.72 Å². The van der Waals surface area contributed by atoms with E-state index in [1.165, 1.54) is 25.1 Å². The van der Waals surface area contributed by atoms with E-state index >= 15 is 0 Å². The van der Waals surface area contributed by atoms with Crippen LogP contribution < -0.4 is 10.0 Å². The van der Waals surface area contributed by atoms with E-state index in [4.69, 9.17) is 23.2 Å². The van der Waals surface area contributed by atoms with Crippen molar-refractivity contribution in [1.82, 2.24) is 10.0 Å². The highest BCUT2D eigenvalue weighted by Gasteiger charge is 2.29. The van der Waals surface area contributed by atoms with Gasteiger partial charge in [-0.25, -0.2) is 8.42 Å². The molecule has 6 nitrogen and oxygen atoms in total. The summed E-state index contributed by atoms with van der Waals surface area (Å²) in [5.41, 5.74) is 1.51. The van der Waals surface area contributed by atoms with Crippen molar-refractivity contribution in [3.63, 3.8) is 0 Å². The molecule has 0 fully saturated rings. The van der Waals surface area contributed by atoms with Crippen LogP contribution in [-0.4, -0.2) is 31.6 Å². The van der Waals surface area contributed by atoms with Crippen LogP contribution >= 0.6 is 23.2 Å². The number of amides is 1. The molecule has 0 heterocycles. The molecule has 2 rings (SSSR count). The maximum Gasteiger partial charge on any atom is 0.241 e. The smallest absolute Gasteiger partial charge is 0.241 e. The Morgan fingerprint density at radius 2 is 1.78 bits per heavy atom. The molecule has 2 aromatic carbocycles. The van der Waals surface area contributed by atoms with Gasteiger partial charge in [-0.05, 0) is 43.7 Å². The first kappa shape index (κ1) is 21.7. The number of benzene rings is 2. The average molecular weight is 431 g/mol. The molecule has 3 N–H and O–H groups in total. The van der Waals surface area contributed by atoms with Gasteiger partial charge in [0, 0.05) is 16.6 Å². The highest BCUT2D eigenvalue weighted by molar-refractivity contribution is 7.89. The van der Waals surface area contributed by atoms with Crippen molar-refractivity contribution < 1.29 is 18.3 Å². The lowest BCUT2D eigenvalue weighted by molar-refractivity contribution is -0.125. The number of aliphatic hydroxyl groups is 1. The molecule has 146 valence electrons. The summed E-state index contributed by atoms with van der Waals surface area (Å²) >= 11 is 11.9. The summed E-state index contributed by atoms with van der Waals surface area (Å²) in [5, 5.41) is 13.3. The molecule has 0 saturated heterocycles. The monoisotopic (exact) mass is 430 g/mol. The van der Waals surface area contributed by atoms with Crippen LogP contribution in [0, 0.1) is 6.92 Å². The Kier molecular flexibility index (Phi) is 7.25. The van der Waals surface area contributed by atoms with Crippen LogP contribution in [0.15, 0.2) is 47.4 Å². The van der Waals surface area contributed by atoms with Gasteiger partial charge >= 0.3 is 0 Å². The standard InChI is InChI=1S/C18H20Cl2N2O4S/c1-11-3-7-15(8-4-11)27(25,26)22-17(12(2)23)18(24)21-10-13-5-6-14(19)9-16(13)20/h3-9,12,17,22-23H,10H2,1-2H3,(H,21,24). The molecule has 2 unspecified atom stereocenters. The first-order valence-corrected chi connectivity index (χ1v) is 10.3. The topological polar surface area (TPSA) is 95.5 Å². The number of halogens is 2. The lowest BCUT2D eigenvalue weighted by Gasteiger charge is -2.21. The van der Waals surface area contributed by atoms with Crippen molar-refractivity contribution in [3.8, 4) is 0 Å². The fraction of sp³-hybridized carbons (Fsp3) is 0.278. The van der Waals surface area contributed by atoms with Gasteiger partial charge in [-0.15, -0.1) is 0 Å². The van der Waals surface area contributed by atoms with Crippen LogP contribution in [0.25, 0.3) is 0 Å². The second-order valence-corrected chi connectivity index (χ2v) is 8.66. The number of hydrogen-bond donors (Lipinski definition) is 3. The summed E-state index contributed by atoms with van der Waals surface area (Å²) < 4.78 is 27.2. The quantitative estimate of drug-likeness (QED) is 0.628. The van der Waals surface area contributed by atoms with Gasteiger partial charge in [0.05, 0.1) is 11.0 Å². The van der Waals surface area contributed by atoms with Crippen LogP contribution in [0.5, 0.6) is 0 Å². The van der Waals surface area contributed by atoms with Gasteiger partial charge < -0.3 is 10.4 Å². The molecule has 0 aliphatic heterocycles. The largest absolute Gasteiger partial charge is 0.391 e. The van der Waals surface area contributed by atoms with Crippen LogP contribution in [-0.2, 0) is 21.4 Å². The molecule has 0 aliphatic carbocycles. The Bertz CT molecular complexity index is 915. The number of nitrogens with one attached hydrogen (secondary N) is 2. The van der Waals surface area contributed by atoms with E-state index in [0.717, 1.165) is 5.56 Å². The lowest BCUT2D eigenvalue weighted by Crippen LogP contribution is -2.52. The summed E-state index contributed by atoms with van der Waals surface area (Å²) in [5.74, 6) is -0.674. The fourth-order valence-corrected chi connectivity index (χ4v) is 4.03. The van der Waals surface area contributed by atoms with E-state index in [2.05, 4.69) is 10.0 Å². The highest BCUT2D eigenvalue weighted by atomic mass is 35.5. The first-order valence-electron chi connectivity index (χ1n) is 8.09. The molecular formula is C18H20Cl2N2O4S. The SMILES string of the molecule is Cc1ccc(S(=O)(=O)NC(C(=O)NCc2ccc(Cl)cc2Cl)C(C)O)cc1. The molecule has 9 heteroatoms. The first-order chi connectivity index (χ1) is 12.6. The number of carbonyl (C=O) groups excluding carboxylic acids is 1. The number of aliphatic hydroxyl groups excluding tert-OH is 1. The van der Waals surface area contributed by atoms with E-state index in [-0.39, 0.29) is 11.4 Å². The summed E-state index contributed by atoms with van der Waals surface area (Å²) in [6, 6.07) is 9.62.